The van der Waals surface area contributed by atoms with E-state index >= 15 is 0 Å². The minimum Gasteiger partial charge on any atom is -0.272 e. The molecule has 3 nitrogen and oxygen atoms in total. The summed E-state index contributed by atoms with van der Waals surface area (Å²) >= 11 is 0. The molecule has 1 heterocycles. The van der Waals surface area contributed by atoms with Crippen LogP contribution in [0.3, 0.4) is 0 Å². The summed E-state index contributed by atoms with van der Waals surface area (Å²) < 4.78 is 0. The molecular formula is C15H21N3. The van der Waals surface area contributed by atoms with Crippen molar-refractivity contribution in [3.05, 3.63) is 47.7 Å². The molecule has 0 N–H and O–H groups in total. The molecule has 0 fully saturated rings. The third kappa shape index (κ3) is 4.62. The minimum atomic E-state index is 0.00330. The van der Waals surface area contributed by atoms with E-state index in [1.807, 2.05) is 25.4 Å². The fraction of sp³-hybridized carbons (Fsp3) is 0.400. The van der Waals surface area contributed by atoms with Crippen LogP contribution in [0.1, 0.15) is 39.1 Å². The van der Waals surface area contributed by atoms with Gasteiger partial charge in [-0.2, -0.15) is 0 Å². The van der Waals surface area contributed by atoms with E-state index in [2.05, 4.69) is 48.5 Å². The summed E-state index contributed by atoms with van der Waals surface area (Å²) in [6.45, 7) is 11.7. The minimum absolute atomic E-state index is 0.00330. The van der Waals surface area contributed by atoms with Gasteiger partial charge in [-0.05, 0) is 31.2 Å². The third-order valence-corrected chi connectivity index (χ3v) is 2.41. The predicted octanol–water partition coefficient (Wildman–Crippen LogP) is 3.48. The fourth-order valence-corrected chi connectivity index (χ4v) is 1.42. The van der Waals surface area contributed by atoms with E-state index in [9.17, 15) is 0 Å². The second kappa shape index (κ2) is 6.24. The highest BCUT2D eigenvalue weighted by atomic mass is 14.9. The molecule has 1 aromatic rings. The lowest BCUT2D eigenvalue weighted by Gasteiger charge is -2.15. The van der Waals surface area contributed by atoms with Gasteiger partial charge >= 0.3 is 0 Å². The van der Waals surface area contributed by atoms with Crippen LogP contribution in [0.15, 0.2) is 41.3 Å². The summed E-state index contributed by atoms with van der Waals surface area (Å²) in [5.74, 6) is 0.877. The van der Waals surface area contributed by atoms with Crippen LogP contribution in [-0.2, 0) is 11.8 Å². The Labute approximate surface area is 109 Å². The topological polar surface area (TPSA) is 38.1 Å². The standard InChI is InChI=1S/C15H21N3/c1-12(9-16-5)7-6-8-13-10-17-14(18-11-13)15(2,3)4/h6-7,9-11H,5,8H2,1-4H3. The Morgan fingerprint density at radius 2 is 1.94 bits per heavy atom. The monoisotopic (exact) mass is 243 g/mol. The van der Waals surface area contributed by atoms with Crippen molar-refractivity contribution in [1.29, 1.82) is 0 Å². The molecule has 0 aliphatic carbocycles. The Morgan fingerprint density at radius 3 is 2.44 bits per heavy atom. The van der Waals surface area contributed by atoms with Crippen molar-refractivity contribution < 1.29 is 0 Å². The maximum Gasteiger partial charge on any atom is 0.133 e. The van der Waals surface area contributed by atoms with E-state index in [1.165, 1.54) is 0 Å². The lowest BCUT2D eigenvalue weighted by atomic mass is 9.96. The van der Waals surface area contributed by atoms with Crippen LogP contribution in [0.2, 0.25) is 0 Å². The van der Waals surface area contributed by atoms with Crippen molar-refractivity contribution in [2.24, 2.45) is 4.99 Å². The lowest BCUT2D eigenvalue weighted by Crippen LogP contribution is -2.15. The molecule has 1 aromatic heterocycles. The first kappa shape index (κ1) is 14.3. The van der Waals surface area contributed by atoms with Crippen molar-refractivity contribution in [3.8, 4) is 0 Å². The summed E-state index contributed by atoms with van der Waals surface area (Å²) in [5, 5.41) is 0. The summed E-state index contributed by atoms with van der Waals surface area (Å²) in [4.78, 5) is 12.5. The van der Waals surface area contributed by atoms with Crippen molar-refractivity contribution in [2.45, 2.75) is 39.5 Å². The number of rotatable bonds is 4. The molecule has 0 amide bonds. The van der Waals surface area contributed by atoms with Gasteiger partial charge in [0.05, 0.1) is 0 Å². The maximum atomic E-state index is 4.40. The molecule has 0 saturated heterocycles. The van der Waals surface area contributed by atoms with Crippen molar-refractivity contribution in [2.75, 3.05) is 0 Å². The largest absolute Gasteiger partial charge is 0.272 e. The van der Waals surface area contributed by atoms with E-state index in [0.717, 1.165) is 23.4 Å². The normalized spacial score (nSPS) is 13.0. The van der Waals surface area contributed by atoms with Crippen LogP contribution in [0.5, 0.6) is 0 Å². The smallest absolute Gasteiger partial charge is 0.133 e. The highest BCUT2D eigenvalue weighted by Gasteiger charge is 2.16. The van der Waals surface area contributed by atoms with Gasteiger partial charge in [-0.1, -0.05) is 32.9 Å². The second-order valence-corrected chi connectivity index (χ2v) is 5.33. The van der Waals surface area contributed by atoms with Crippen LogP contribution in [0.4, 0.5) is 0 Å². The number of aromatic nitrogens is 2. The number of nitrogens with zero attached hydrogens (tertiary/aromatic N) is 3. The number of aliphatic imine (C=N–C) groups is 1. The molecule has 96 valence electrons. The Bertz CT molecular complexity index is 448. The van der Waals surface area contributed by atoms with Gasteiger partial charge in [0.1, 0.15) is 5.82 Å². The van der Waals surface area contributed by atoms with E-state index in [1.54, 1.807) is 6.20 Å². The van der Waals surface area contributed by atoms with Crippen LogP contribution >= 0.6 is 0 Å². The van der Waals surface area contributed by atoms with Gasteiger partial charge in [-0.25, -0.2) is 9.97 Å². The highest BCUT2D eigenvalue weighted by molar-refractivity contribution is 5.28. The maximum absolute atomic E-state index is 4.40. The average molecular weight is 243 g/mol. The molecular weight excluding hydrogens is 222 g/mol. The molecule has 0 bridgehead atoms. The molecule has 0 saturated carbocycles. The zero-order chi connectivity index (χ0) is 13.6. The van der Waals surface area contributed by atoms with Crippen molar-refractivity contribution in [1.82, 2.24) is 9.97 Å². The zero-order valence-electron chi connectivity index (χ0n) is 11.6. The van der Waals surface area contributed by atoms with Gasteiger partial charge in [-0.15, -0.1) is 0 Å². The quantitative estimate of drug-likeness (QED) is 0.600. The molecule has 0 unspecified atom stereocenters. The average Bonchev–Trinajstić information content (AvgIpc) is 2.29. The zero-order valence-corrected chi connectivity index (χ0v) is 11.6. The van der Waals surface area contributed by atoms with Crippen LogP contribution in [0, 0.1) is 0 Å². The van der Waals surface area contributed by atoms with E-state index < -0.39 is 0 Å². The molecule has 0 radical (unpaired) electrons. The molecule has 18 heavy (non-hydrogen) atoms. The number of allylic oxidation sites excluding steroid dienone is 3. The molecule has 0 spiro atoms. The van der Waals surface area contributed by atoms with Gasteiger partial charge in [0.25, 0.3) is 0 Å². The number of hydrogen-bond acceptors (Lipinski definition) is 3. The van der Waals surface area contributed by atoms with E-state index in [4.69, 9.17) is 0 Å². The SMILES string of the molecule is C=NC=C(C)C=CCc1cnc(C(C)(C)C)nc1. The molecule has 3 heteroatoms. The molecule has 0 aliphatic rings. The molecule has 0 aromatic carbocycles. The summed E-state index contributed by atoms with van der Waals surface area (Å²) in [7, 11) is 0. The number of hydrogen-bond donors (Lipinski definition) is 0. The molecule has 0 atom stereocenters. The highest BCUT2D eigenvalue weighted by Crippen LogP contribution is 2.17. The second-order valence-electron chi connectivity index (χ2n) is 5.33. The Hall–Kier alpha value is -1.77. The van der Waals surface area contributed by atoms with Gasteiger partial charge in [-0.3, -0.25) is 4.99 Å². The Morgan fingerprint density at radius 1 is 1.33 bits per heavy atom. The predicted molar refractivity (Wildman–Crippen MR) is 76.9 cm³/mol. The lowest BCUT2D eigenvalue weighted by molar-refractivity contribution is 0.544. The summed E-state index contributed by atoms with van der Waals surface area (Å²) in [6, 6.07) is 0. The van der Waals surface area contributed by atoms with Crippen molar-refractivity contribution in [3.63, 3.8) is 0 Å². The summed E-state index contributed by atoms with van der Waals surface area (Å²) in [6.07, 6.45) is 10.4. The first-order valence-corrected chi connectivity index (χ1v) is 6.04. The Kier molecular flexibility index (Phi) is 4.95. The third-order valence-electron chi connectivity index (χ3n) is 2.41. The Balaban J connectivity index is 2.65. The van der Waals surface area contributed by atoms with Gasteiger partial charge in [0, 0.05) is 24.0 Å². The molecule has 1 rings (SSSR count). The van der Waals surface area contributed by atoms with Crippen LogP contribution < -0.4 is 0 Å². The van der Waals surface area contributed by atoms with Gasteiger partial charge in [0.15, 0.2) is 0 Å². The van der Waals surface area contributed by atoms with E-state index in [0.29, 0.717) is 0 Å². The van der Waals surface area contributed by atoms with Crippen molar-refractivity contribution >= 4 is 6.72 Å². The van der Waals surface area contributed by atoms with Crippen LogP contribution in [-0.4, -0.2) is 16.7 Å². The van der Waals surface area contributed by atoms with E-state index in [-0.39, 0.29) is 5.41 Å². The first-order valence-electron chi connectivity index (χ1n) is 6.04. The summed E-state index contributed by atoms with van der Waals surface area (Å²) in [5.41, 5.74) is 2.19. The first-order chi connectivity index (χ1) is 8.43. The molecule has 0 aliphatic heterocycles. The fourth-order valence-electron chi connectivity index (χ4n) is 1.42. The van der Waals surface area contributed by atoms with Gasteiger partial charge in [0.2, 0.25) is 0 Å². The van der Waals surface area contributed by atoms with Gasteiger partial charge < -0.3 is 0 Å². The van der Waals surface area contributed by atoms with Crippen LogP contribution in [0.25, 0.3) is 0 Å².